The summed E-state index contributed by atoms with van der Waals surface area (Å²) in [7, 11) is 0. The van der Waals surface area contributed by atoms with Crippen LogP contribution in [0.3, 0.4) is 0 Å². The number of nitrogens with one attached hydrogen (secondary N) is 1. The van der Waals surface area contributed by atoms with Crippen LogP contribution in [0.25, 0.3) is 4.96 Å². The van der Waals surface area contributed by atoms with Gasteiger partial charge in [-0.1, -0.05) is 37.3 Å². The van der Waals surface area contributed by atoms with Crippen LogP contribution in [-0.2, 0) is 12.8 Å². The average molecular weight is 327 g/mol. The maximum atomic E-state index is 12.5. The summed E-state index contributed by atoms with van der Waals surface area (Å²) in [5.74, 6) is -0.351. The van der Waals surface area contributed by atoms with Crippen molar-refractivity contribution < 1.29 is 4.79 Å². The second-order valence-electron chi connectivity index (χ2n) is 5.14. The molecule has 0 atom stereocenters. The molecule has 23 heavy (non-hydrogen) atoms. The minimum atomic E-state index is -0.351. The maximum absolute atomic E-state index is 12.5. The molecular formula is C17H17N3O2S. The van der Waals surface area contributed by atoms with Crippen LogP contribution in [0.5, 0.6) is 0 Å². The van der Waals surface area contributed by atoms with E-state index in [0.717, 1.165) is 12.0 Å². The van der Waals surface area contributed by atoms with Gasteiger partial charge in [0.2, 0.25) is 0 Å². The zero-order chi connectivity index (χ0) is 16.2. The number of aryl methyl sites for hydroxylation is 1. The summed E-state index contributed by atoms with van der Waals surface area (Å²) < 4.78 is 1.43. The maximum Gasteiger partial charge on any atom is 0.271 e. The molecule has 1 N–H and O–H groups in total. The second kappa shape index (κ2) is 6.75. The van der Waals surface area contributed by atoms with Gasteiger partial charge in [0.05, 0.1) is 5.69 Å². The third kappa shape index (κ3) is 3.17. The Hall–Kier alpha value is -2.47. The molecule has 3 aromatic rings. The van der Waals surface area contributed by atoms with Crippen molar-refractivity contribution in [3.05, 3.63) is 69.1 Å². The first kappa shape index (κ1) is 15.4. The number of amides is 1. The van der Waals surface area contributed by atoms with E-state index in [2.05, 4.69) is 10.3 Å². The van der Waals surface area contributed by atoms with Crippen LogP contribution in [-0.4, -0.2) is 21.8 Å². The highest BCUT2D eigenvalue weighted by Crippen LogP contribution is 2.10. The fourth-order valence-corrected chi connectivity index (χ4v) is 3.18. The molecule has 118 valence electrons. The smallest absolute Gasteiger partial charge is 0.271 e. The van der Waals surface area contributed by atoms with Gasteiger partial charge in [-0.15, -0.1) is 11.3 Å². The first-order valence-corrected chi connectivity index (χ1v) is 8.39. The van der Waals surface area contributed by atoms with Gasteiger partial charge in [-0.25, -0.2) is 4.98 Å². The fourth-order valence-electron chi connectivity index (χ4n) is 2.46. The standard InChI is InChI=1S/C17H17N3O2S/c1-2-13-14(16(22)20-10-11-23-17(20)19-13)15(21)18-9-8-12-6-4-3-5-7-12/h3-7,10-11H,2,8-9H2,1H3,(H,18,21). The third-order valence-electron chi connectivity index (χ3n) is 3.65. The number of hydrogen-bond acceptors (Lipinski definition) is 4. The largest absolute Gasteiger partial charge is 0.351 e. The SMILES string of the molecule is CCc1nc2sccn2c(=O)c1C(=O)NCCc1ccccc1. The molecule has 0 aliphatic rings. The van der Waals surface area contributed by atoms with Crippen molar-refractivity contribution in [3.63, 3.8) is 0 Å². The van der Waals surface area contributed by atoms with Gasteiger partial charge in [0.15, 0.2) is 4.96 Å². The fraction of sp³-hybridized carbons (Fsp3) is 0.235. The average Bonchev–Trinajstić information content (AvgIpc) is 3.04. The summed E-state index contributed by atoms with van der Waals surface area (Å²) in [6.45, 7) is 2.38. The molecule has 0 saturated carbocycles. The van der Waals surface area contributed by atoms with Gasteiger partial charge >= 0.3 is 0 Å². The molecule has 6 heteroatoms. The van der Waals surface area contributed by atoms with Crippen LogP contribution in [0.1, 0.15) is 28.5 Å². The van der Waals surface area contributed by atoms with Crippen LogP contribution in [0.4, 0.5) is 0 Å². The molecule has 0 unspecified atom stereocenters. The Morgan fingerprint density at radius 3 is 2.83 bits per heavy atom. The lowest BCUT2D eigenvalue weighted by atomic mass is 10.1. The van der Waals surface area contributed by atoms with E-state index in [9.17, 15) is 9.59 Å². The van der Waals surface area contributed by atoms with E-state index < -0.39 is 0 Å². The molecule has 2 aromatic heterocycles. The molecule has 2 heterocycles. The van der Waals surface area contributed by atoms with Gasteiger partial charge in [-0.3, -0.25) is 14.0 Å². The number of rotatable bonds is 5. The normalized spacial score (nSPS) is 10.8. The van der Waals surface area contributed by atoms with Crippen LogP contribution in [0, 0.1) is 0 Å². The van der Waals surface area contributed by atoms with Crippen molar-refractivity contribution in [2.45, 2.75) is 19.8 Å². The molecule has 0 spiro atoms. The number of thiazole rings is 1. The Labute approximate surface area is 137 Å². The monoisotopic (exact) mass is 327 g/mol. The van der Waals surface area contributed by atoms with Crippen molar-refractivity contribution in [1.82, 2.24) is 14.7 Å². The first-order chi connectivity index (χ1) is 11.2. The molecule has 5 nitrogen and oxygen atoms in total. The molecule has 0 bridgehead atoms. The van der Waals surface area contributed by atoms with E-state index in [1.807, 2.05) is 37.3 Å². The summed E-state index contributed by atoms with van der Waals surface area (Å²) in [5.41, 5.74) is 1.54. The predicted molar refractivity (Wildman–Crippen MR) is 91.2 cm³/mol. The van der Waals surface area contributed by atoms with Gasteiger partial charge in [0.1, 0.15) is 5.56 Å². The number of carbonyl (C=O) groups is 1. The van der Waals surface area contributed by atoms with Crippen molar-refractivity contribution in [3.8, 4) is 0 Å². The van der Waals surface area contributed by atoms with Crippen LogP contribution < -0.4 is 10.9 Å². The number of carbonyl (C=O) groups excluding carboxylic acids is 1. The number of nitrogens with zero attached hydrogens (tertiary/aromatic N) is 2. The Balaban J connectivity index is 1.80. The summed E-state index contributed by atoms with van der Waals surface area (Å²) in [6, 6.07) is 9.91. The molecular weight excluding hydrogens is 310 g/mol. The number of hydrogen-bond donors (Lipinski definition) is 1. The third-order valence-corrected chi connectivity index (χ3v) is 4.40. The Kier molecular flexibility index (Phi) is 4.52. The van der Waals surface area contributed by atoms with E-state index in [4.69, 9.17) is 0 Å². The lowest BCUT2D eigenvalue weighted by Crippen LogP contribution is -2.34. The van der Waals surface area contributed by atoms with Gasteiger partial charge in [0.25, 0.3) is 11.5 Å². The van der Waals surface area contributed by atoms with Crippen molar-refractivity contribution >= 4 is 22.2 Å². The zero-order valence-corrected chi connectivity index (χ0v) is 13.6. The van der Waals surface area contributed by atoms with Gasteiger partial charge < -0.3 is 5.32 Å². The highest BCUT2D eigenvalue weighted by molar-refractivity contribution is 7.15. The lowest BCUT2D eigenvalue weighted by Gasteiger charge is -2.08. The van der Waals surface area contributed by atoms with Gasteiger partial charge in [0, 0.05) is 18.1 Å². The molecule has 0 fully saturated rings. The van der Waals surface area contributed by atoms with Gasteiger partial charge in [-0.05, 0) is 18.4 Å². The molecule has 1 aromatic carbocycles. The summed E-state index contributed by atoms with van der Waals surface area (Å²) >= 11 is 1.39. The van der Waals surface area contributed by atoms with E-state index in [1.54, 1.807) is 11.6 Å². The van der Waals surface area contributed by atoms with Crippen molar-refractivity contribution in [1.29, 1.82) is 0 Å². The first-order valence-electron chi connectivity index (χ1n) is 7.51. The predicted octanol–water partition coefficient (Wildman–Crippen LogP) is 2.29. The Morgan fingerprint density at radius 2 is 2.09 bits per heavy atom. The highest BCUT2D eigenvalue weighted by atomic mass is 32.1. The van der Waals surface area contributed by atoms with E-state index in [1.165, 1.54) is 15.7 Å². The van der Waals surface area contributed by atoms with Gasteiger partial charge in [-0.2, -0.15) is 0 Å². The minimum Gasteiger partial charge on any atom is -0.351 e. The summed E-state index contributed by atoms with van der Waals surface area (Å²) in [4.78, 5) is 30.0. The van der Waals surface area contributed by atoms with E-state index in [0.29, 0.717) is 23.6 Å². The number of fused-ring (bicyclic) bond motifs is 1. The molecule has 0 aliphatic carbocycles. The van der Waals surface area contributed by atoms with E-state index in [-0.39, 0.29) is 17.0 Å². The second-order valence-corrected chi connectivity index (χ2v) is 6.01. The topological polar surface area (TPSA) is 63.5 Å². The number of benzene rings is 1. The minimum absolute atomic E-state index is 0.150. The number of aromatic nitrogens is 2. The van der Waals surface area contributed by atoms with Crippen molar-refractivity contribution in [2.24, 2.45) is 0 Å². The molecule has 0 radical (unpaired) electrons. The lowest BCUT2D eigenvalue weighted by molar-refractivity contribution is 0.0951. The Bertz CT molecular complexity index is 884. The molecule has 1 amide bonds. The zero-order valence-electron chi connectivity index (χ0n) is 12.8. The summed E-state index contributed by atoms with van der Waals surface area (Å²) in [5, 5.41) is 4.62. The van der Waals surface area contributed by atoms with Crippen LogP contribution in [0.15, 0.2) is 46.7 Å². The highest BCUT2D eigenvalue weighted by Gasteiger charge is 2.18. The Morgan fingerprint density at radius 1 is 1.30 bits per heavy atom. The van der Waals surface area contributed by atoms with Crippen LogP contribution >= 0.6 is 11.3 Å². The van der Waals surface area contributed by atoms with E-state index >= 15 is 0 Å². The molecule has 3 rings (SSSR count). The van der Waals surface area contributed by atoms with Crippen LogP contribution in [0.2, 0.25) is 0 Å². The van der Waals surface area contributed by atoms with Crippen molar-refractivity contribution in [2.75, 3.05) is 6.54 Å². The quantitative estimate of drug-likeness (QED) is 0.782. The summed E-state index contributed by atoms with van der Waals surface area (Å²) in [6.07, 6.45) is 2.92. The molecule has 0 aliphatic heterocycles. The molecule has 0 saturated heterocycles.